The van der Waals surface area contributed by atoms with Gasteiger partial charge in [-0.15, -0.1) is 11.3 Å². The molecule has 0 unspecified atom stereocenters. The Labute approximate surface area is 228 Å². The van der Waals surface area contributed by atoms with Crippen molar-refractivity contribution in [3.05, 3.63) is 69.1 Å². The molecule has 0 bridgehead atoms. The van der Waals surface area contributed by atoms with Gasteiger partial charge in [0, 0.05) is 21.8 Å². The second kappa shape index (κ2) is 11.3. The number of fused-ring (bicyclic) bond motifs is 1. The van der Waals surface area contributed by atoms with Gasteiger partial charge in [-0.1, -0.05) is 32.4 Å². The molecule has 2 aromatic carbocycles. The highest BCUT2D eigenvalue weighted by molar-refractivity contribution is 7.16. The van der Waals surface area contributed by atoms with Crippen LogP contribution < -0.4 is 14.8 Å². The molecule has 1 aromatic heterocycles. The third-order valence-electron chi connectivity index (χ3n) is 6.68. The van der Waals surface area contributed by atoms with Crippen LogP contribution in [0.4, 0.5) is 10.7 Å². The van der Waals surface area contributed by atoms with Crippen molar-refractivity contribution in [1.29, 1.82) is 0 Å². The molecular formula is C30H35ClN2O3S. The van der Waals surface area contributed by atoms with Gasteiger partial charge in [0.2, 0.25) is 0 Å². The lowest BCUT2D eigenvalue weighted by atomic mass is 9.72. The number of ether oxygens (including phenoxy) is 2. The van der Waals surface area contributed by atoms with Crippen LogP contribution in [0.5, 0.6) is 11.5 Å². The molecule has 0 radical (unpaired) electrons. The number of anilines is 1. The number of carbonyl (C=O) groups is 1. The molecule has 1 amide bonds. The summed E-state index contributed by atoms with van der Waals surface area (Å²) in [5.74, 6) is 1.77. The SMILES string of the molecule is COc1cc(C=Nc2sc3c(c2C(=O)Nc2ccc(Cl)cc2)CC[C@H](C(C)(C)C)C3)ccc1OC(C)C. The molecule has 1 aliphatic rings. The Morgan fingerprint density at radius 1 is 1.16 bits per heavy atom. The van der Waals surface area contributed by atoms with Crippen LogP contribution in [0.25, 0.3) is 0 Å². The number of amides is 1. The van der Waals surface area contributed by atoms with Gasteiger partial charge in [-0.05, 0) is 98.0 Å². The standard InChI is InChI=1S/C30H35ClN2O3S/c1-18(2)36-24-14-7-19(15-25(24)35-6)17-32-29-27(28(34)33-22-11-9-21(31)10-12-22)23-13-8-20(30(3,4)5)16-26(23)37-29/h7,9-12,14-15,17-18,20H,8,13,16H2,1-6H3,(H,33,34)/t20-/m0/s1. The Kier molecular flexibility index (Phi) is 8.29. The topological polar surface area (TPSA) is 59.9 Å². The van der Waals surface area contributed by atoms with E-state index >= 15 is 0 Å². The Balaban J connectivity index is 1.68. The van der Waals surface area contributed by atoms with E-state index in [9.17, 15) is 4.79 Å². The minimum Gasteiger partial charge on any atom is -0.493 e. The quantitative estimate of drug-likeness (QED) is 0.307. The average Bonchev–Trinajstić information content (AvgIpc) is 3.21. The lowest BCUT2D eigenvalue weighted by Gasteiger charge is -2.33. The minimum atomic E-state index is -0.139. The molecule has 37 heavy (non-hydrogen) atoms. The van der Waals surface area contributed by atoms with Crippen molar-refractivity contribution in [2.75, 3.05) is 12.4 Å². The van der Waals surface area contributed by atoms with Crippen molar-refractivity contribution in [3.8, 4) is 11.5 Å². The number of methoxy groups -OCH3 is 1. The van der Waals surface area contributed by atoms with Crippen molar-refractivity contribution >= 4 is 45.7 Å². The van der Waals surface area contributed by atoms with E-state index in [1.807, 2.05) is 44.2 Å². The van der Waals surface area contributed by atoms with Gasteiger partial charge in [-0.25, -0.2) is 4.99 Å². The molecule has 1 atom stereocenters. The second-order valence-electron chi connectivity index (χ2n) is 10.8. The first-order valence-electron chi connectivity index (χ1n) is 12.7. The summed E-state index contributed by atoms with van der Waals surface area (Å²) < 4.78 is 11.4. The molecule has 0 aliphatic heterocycles. The monoisotopic (exact) mass is 538 g/mol. The molecule has 1 heterocycles. The number of rotatable bonds is 7. The average molecular weight is 539 g/mol. The molecule has 1 aliphatic carbocycles. The lowest BCUT2D eigenvalue weighted by molar-refractivity contribution is 0.102. The van der Waals surface area contributed by atoms with Crippen LogP contribution in [0, 0.1) is 11.3 Å². The van der Waals surface area contributed by atoms with Crippen molar-refractivity contribution < 1.29 is 14.3 Å². The van der Waals surface area contributed by atoms with Gasteiger partial charge < -0.3 is 14.8 Å². The maximum atomic E-state index is 13.5. The third kappa shape index (κ3) is 6.55. The van der Waals surface area contributed by atoms with Gasteiger partial charge in [0.1, 0.15) is 5.00 Å². The highest BCUT2D eigenvalue weighted by Crippen LogP contribution is 2.45. The molecule has 3 aromatic rings. The van der Waals surface area contributed by atoms with Gasteiger partial charge in [-0.2, -0.15) is 0 Å². The zero-order chi connectivity index (χ0) is 26.7. The highest BCUT2D eigenvalue weighted by atomic mass is 35.5. The fraction of sp³-hybridized carbons (Fsp3) is 0.400. The van der Waals surface area contributed by atoms with Crippen molar-refractivity contribution in [1.82, 2.24) is 0 Å². The van der Waals surface area contributed by atoms with Crippen LogP contribution in [-0.2, 0) is 12.8 Å². The van der Waals surface area contributed by atoms with Crippen molar-refractivity contribution in [2.45, 2.75) is 60.0 Å². The summed E-state index contributed by atoms with van der Waals surface area (Å²) in [6.07, 6.45) is 4.74. The predicted molar refractivity (Wildman–Crippen MR) is 155 cm³/mol. The van der Waals surface area contributed by atoms with Crippen LogP contribution in [0.3, 0.4) is 0 Å². The lowest BCUT2D eigenvalue weighted by Crippen LogP contribution is -2.27. The van der Waals surface area contributed by atoms with Gasteiger partial charge >= 0.3 is 0 Å². The molecule has 196 valence electrons. The number of hydrogen-bond donors (Lipinski definition) is 1. The smallest absolute Gasteiger partial charge is 0.259 e. The van der Waals surface area contributed by atoms with E-state index in [0.717, 1.165) is 35.4 Å². The number of aliphatic imine (C=N–C) groups is 1. The molecule has 1 N–H and O–H groups in total. The molecule has 0 saturated carbocycles. The summed E-state index contributed by atoms with van der Waals surface area (Å²) in [4.78, 5) is 19.6. The molecule has 7 heteroatoms. The van der Waals surface area contributed by atoms with Gasteiger partial charge in [0.25, 0.3) is 5.91 Å². The van der Waals surface area contributed by atoms with Crippen LogP contribution in [0.1, 0.15) is 67.4 Å². The summed E-state index contributed by atoms with van der Waals surface area (Å²) in [6, 6.07) is 12.9. The maximum absolute atomic E-state index is 13.5. The first-order valence-corrected chi connectivity index (χ1v) is 13.8. The third-order valence-corrected chi connectivity index (χ3v) is 8.10. The zero-order valence-corrected chi connectivity index (χ0v) is 23.9. The Bertz CT molecular complexity index is 1290. The molecule has 0 fully saturated rings. The van der Waals surface area contributed by atoms with E-state index in [1.54, 1.807) is 36.8 Å². The van der Waals surface area contributed by atoms with E-state index in [2.05, 4.69) is 26.1 Å². The summed E-state index contributed by atoms with van der Waals surface area (Å²) in [5, 5.41) is 4.40. The van der Waals surface area contributed by atoms with E-state index < -0.39 is 0 Å². The van der Waals surface area contributed by atoms with Crippen LogP contribution in [0.15, 0.2) is 47.5 Å². The molecule has 5 nitrogen and oxygen atoms in total. The number of carbonyl (C=O) groups excluding carboxylic acids is 1. The summed E-state index contributed by atoms with van der Waals surface area (Å²) in [6.45, 7) is 10.8. The number of halogens is 1. The van der Waals surface area contributed by atoms with Crippen molar-refractivity contribution in [2.24, 2.45) is 16.3 Å². The zero-order valence-electron chi connectivity index (χ0n) is 22.4. The predicted octanol–water partition coefficient (Wildman–Crippen LogP) is 8.35. The number of benzene rings is 2. The van der Waals surface area contributed by atoms with E-state index in [-0.39, 0.29) is 17.4 Å². The van der Waals surface area contributed by atoms with Crippen molar-refractivity contribution in [3.63, 3.8) is 0 Å². The largest absolute Gasteiger partial charge is 0.493 e. The fourth-order valence-corrected chi connectivity index (χ4v) is 6.01. The number of hydrogen-bond acceptors (Lipinski definition) is 5. The molecule has 4 rings (SSSR count). The Hall–Kier alpha value is -2.83. The molecular weight excluding hydrogens is 504 g/mol. The van der Waals surface area contributed by atoms with Gasteiger partial charge in [-0.3, -0.25) is 4.79 Å². The number of nitrogens with one attached hydrogen (secondary N) is 1. The summed E-state index contributed by atoms with van der Waals surface area (Å²) in [5.41, 5.74) is 3.59. The minimum absolute atomic E-state index is 0.0458. The normalized spacial score (nSPS) is 15.6. The van der Waals surface area contributed by atoms with Gasteiger partial charge in [0.05, 0.1) is 18.8 Å². The van der Waals surface area contributed by atoms with Crippen LogP contribution in [0.2, 0.25) is 5.02 Å². The summed E-state index contributed by atoms with van der Waals surface area (Å²) in [7, 11) is 1.63. The number of thiophene rings is 1. The van der Waals surface area contributed by atoms with Crippen LogP contribution >= 0.6 is 22.9 Å². The molecule has 0 spiro atoms. The summed E-state index contributed by atoms with van der Waals surface area (Å²) >= 11 is 7.65. The second-order valence-corrected chi connectivity index (χ2v) is 12.3. The Morgan fingerprint density at radius 3 is 2.54 bits per heavy atom. The fourth-order valence-electron chi connectivity index (χ4n) is 4.61. The highest BCUT2D eigenvalue weighted by Gasteiger charge is 2.33. The maximum Gasteiger partial charge on any atom is 0.259 e. The molecule has 0 saturated heterocycles. The van der Waals surface area contributed by atoms with E-state index in [1.165, 1.54) is 4.88 Å². The van der Waals surface area contributed by atoms with Crippen LogP contribution in [-0.4, -0.2) is 25.3 Å². The van der Waals surface area contributed by atoms with E-state index in [0.29, 0.717) is 33.7 Å². The van der Waals surface area contributed by atoms with E-state index in [4.69, 9.17) is 26.1 Å². The van der Waals surface area contributed by atoms with Gasteiger partial charge in [0.15, 0.2) is 11.5 Å². The number of nitrogens with zero attached hydrogens (tertiary/aromatic N) is 1. The first kappa shape index (κ1) is 27.2. The first-order chi connectivity index (χ1) is 17.5. The Morgan fingerprint density at radius 2 is 1.89 bits per heavy atom.